The predicted octanol–water partition coefficient (Wildman–Crippen LogP) is 4.32. The number of thiophene rings is 1. The van der Waals surface area contributed by atoms with E-state index in [2.05, 4.69) is 15.4 Å². The van der Waals surface area contributed by atoms with E-state index < -0.39 is 18.2 Å². The summed E-state index contributed by atoms with van der Waals surface area (Å²) >= 11 is 7.03. The van der Waals surface area contributed by atoms with Crippen molar-refractivity contribution in [2.24, 2.45) is 5.73 Å². The van der Waals surface area contributed by atoms with Gasteiger partial charge in [0.15, 0.2) is 0 Å². The van der Waals surface area contributed by atoms with Gasteiger partial charge in [-0.05, 0) is 44.2 Å². The Balaban J connectivity index is 1.77. The smallest absolute Gasteiger partial charge is 0.280 e. The Morgan fingerprint density at radius 1 is 1.40 bits per heavy atom. The van der Waals surface area contributed by atoms with Gasteiger partial charge in [0.25, 0.3) is 12.3 Å². The molecule has 0 unspecified atom stereocenters. The average molecular weight is 454 g/mol. The van der Waals surface area contributed by atoms with Gasteiger partial charge in [-0.1, -0.05) is 11.6 Å². The summed E-state index contributed by atoms with van der Waals surface area (Å²) in [5.74, 6) is -1.12. The summed E-state index contributed by atoms with van der Waals surface area (Å²) in [4.78, 5) is 29.1. The molecule has 11 heteroatoms. The molecule has 158 valence electrons. The number of nitrogens with two attached hydrogens (primary N) is 1. The fourth-order valence-electron chi connectivity index (χ4n) is 3.41. The van der Waals surface area contributed by atoms with E-state index in [1.54, 1.807) is 13.8 Å². The molecular formula is C19H18ClF2N5O2S. The maximum Gasteiger partial charge on any atom is 0.280 e. The number of amides is 2. The van der Waals surface area contributed by atoms with Gasteiger partial charge in [0.1, 0.15) is 21.9 Å². The van der Waals surface area contributed by atoms with Crippen LogP contribution in [0.2, 0.25) is 5.02 Å². The first-order chi connectivity index (χ1) is 14.2. The maximum atomic E-state index is 13.3. The molecule has 0 radical (unpaired) electrons. The van der Waals surface area contributed by atoms with Crippen molar-refractivity contribution in [3.63, 3.8) is 0 Å². The summed E-state index contributed by atoms with van der Waals surface area (Å²) in [6.45, 7) is 3.34. The average Bonchev–Trinajstić information content (AvgIpc) is 3.42. The molecule has 3 heterocycles. The van der Waals surface area contributed by atoms with Crippen LogP contribution in [0.1, 0.15) is 57.5 Å². The monoisotopic (exact) mass is 453 g/mol. The lowest BCUT2D eigenvalue weighted by Gasteiger charge is -2.11. The summed E-state index contributed by atoms with van der Waals surface area (Å²) in [5, 5.41) is 7.93. The number of aromatic nitrogens is 3. The quantitative estimate of drug-likeness (QED) is 0.580. The van der Waals surface area contributed by atoms with Crippen LogP contribution >= 0.6 is 22.9 Å². The van der Waals surface area contributed by atoms with Crippen LogP contribution in [0.25, 0.3) is 10.2 Å². The molecule has 7 nitrogen and oxygen atoms in total. The van der Waals surface area contributed by atoms with Gasteiger partial charge in [0, 0.05) is 5.39 Å². The number of rotatable bonds is 6. The molecule has 0 bridgehead atoms. The third-order valence-electron chi connectivity index (χ3n) is 5.03. The molecule has 1 saturated carbocycles. The lowest BCUT2D eigenvalue weighted by atomic mass is 10.0. The highest BCUT2D eigenvalue weighted by atomic mass is 35.5. The van der Waals surface area contributed by atoms with E-state index in [0.717, 1.165) is 24.2 Å². The molecule has 3 aromatic rings. The Labute approximate surface area is 179 Å². The van der Waals surface area contributed by atoms with E-state index >= 15 is 0 Å². The molecule has 0 aliphatic heterocycles. The summed E-state index contributed by atoms with van der Waals surface area (Å²) < 4.78 is 28.1. The van der Waals surface area contributed by atoms with Crippen molar-refractivity contribution in [1.82, 2.24) is 14.8 Å². The van der Waals surface area contributed by atoms with Crippen LogP contribution in [-0.4, -0.2) is 26.6 Å². The number of primary amides is 1. The van der Waals surface area contributed by atoms with Crippen molar-refractivity contribution in [2.45, 2.75) is 45.6 Å². The van der Waals surface area contributed by atoms with Crippen molar-refractivity contribution in [1.29, 1.82) is 0 Å². The van der Waals surface area contributed by atoms with Gasteiger partial charge < -0.3 is 11.1 Å². The summed E-state index contributed by atoms with van der Waals surface area (Å²) in [6.07, 6.45) is -1.04. The van der Waals surface area contributed by atoms with Crippen molar-refractivity contribution in [2.75, 3.05) is 5.32 Å². The Kier molecular flexibility index (Phi) is 5.23. The number of nitrogens with zero attached hydrogens (tertiary/aromatic N) is 3. The fraction of sp³-hybridized carbons (Fsp3) is 0.368. The van der Waals surface area contributed by atoms with Crippen LogP contribution in [0.4, 0.5) is 14.5 Å². The van der Waals surface area contributed by atoms with E-state index in [-0.39, 0.29) is 33.6 Å². The first-order valence-electron chi connectivity index (χ1n) is 9.22. The number of pyridine rings is 1. The second-order valence-corrected chi connectivity index (χ2v) is 8.63. The number of nitrogens with one attached hydrogen (secondary N) is 1. The molecule has 1 fully saturated rings. The van der Waals surface area contributed by atoms with Crippen molar-refractivity contribution >= 4 is 50.7 Å². The Bertz CT molecular complexity index is 1190. The van der Waals surface area contributed by atoms with Crippen LogP contribution < -0.4 is 11.1 Å². The highest BCUT2D eigenvalue weighted by molar-refractivity contribution is 7.21. The molecule has 0 spiro atoms. The normalized spacial score (nSPS) is 13.9. The van der Waals surface area contributed by atoms with Gasteiger partial charge in [-0.15, -0.1) is 11.3 Å². The lowest BCUT2D eigenvalue weighted by Crippen LogP contribution is -2.22. The number of anilines is 1. The summed E-state index contributed by atoms with van der Waals surface area (Å²) in [7, 11) is 0. The Morgan fingerprint density at radius 3 is 2.63 bits per heavy atom. The van der Waals surface area contributed by atoms with Crippen molar-refractivity contribution in [3.8, 4) is 0 Å². The van der Waals surface area contributed by atoms with Crippen LogP contribution in [0.3, 0.4) is 0 Å². The number of fused-ring (bicyclic) bond motifs is 1. The topological polar surface area (TPSA) is 103 Å². The minimum absolute atomic E-state index is 0.0746. The number of hydrogen-bond donors (Lipinski definition) is 2. The molecule has 4 rings (SSSR count). The number of carbonyl (C=O) groups is 2. The van der Waals surface area contributed by atoms with E-state index in [1.807, 2.05) is 0 Å². The molecular weight excluding hydrogens is 436 g/mol. The highest BCUT2D eigenvalue weighted by Crippen LogP contribution is 2.48. The van der Waals surface area contributed by atoms with Crippen LogP contribution in [0.5, 0.6) is 0 Å². The number of halogens is 3. The molecule has 3 N–H and O–H groups in total. The Morgan fingerprint density at radius 2 is 2.10 bits per heavy atom. The zero-order valence-electron chi connectivity index (χ0n) is 16.1. The zero-order valence-corrected chi connectivity index (χ0v) is 17.7. The van der Waals surface area contributed by atoms with Crippen LogP contribution in [-0.2, 0) is 11.3 Å². The molecule has 0 atom stereocenters. The van der Waals surface area contributed by atoms with E-state index in [9.17, 15) is 18.4 Å². The second-order valence-electron chi connectivity index (χ2n) is 7.25. The standard InChI is InChI=1S/C19H18ClF2N5O2S/c1-7-14(20)8(2)27(26-7)6-12(28)25-15-13-10(9-3-4-9)5-11(17(21)22)24-19(13)30-16(15)18(23)29/h5,9,17H,3-4,6H2,1-2H3,(H2,23,29)(H,25,28). The fourth-order valence-corrected chi connectivity index (χ4v) is 4.57. The van der Waals surface area contributed by atoms with Gasteiger partial charge >= 0.3 is 0 Å². The third kappa shape index (κ3) is 3.65. The van der Waals surface area contributed by atoms with Crippen LogP contribution in [0.15, 0.2) is 6.07 Å². The number of carbonyl (C=O) groups excluding carboxylic acids is 2. The van der Waals surface area contributed by atoms with Gasteiger partial charge in [0.05, 0.1) is 22.1 Å². The molecule has 2 amide bonds. The van der Waals surface area contributed by atoms with Gasteiger partial charge in [-0.2, -0.15) is 5.10 Å². The molecule has 0 aromatic carbocycles. The SMILES string of the molecule is Cc1nn(CC(=O)Nc2c(C(N)=O)sc3nc(C(F)F)cc(C4CC4)c23)c(C)c1Cl. The molecule has 0 saturated heterocycles. The third-order valence-corrected chi connectivity index (χ3v) is 6.67. The number of aryl methyl sites for hydroxylation is 1. The number of hydrogen-bond acceptors (Lipinski definition) is 5. The van der Waals surface area contributed by atoms with Gasteiger partial charge in [-0.25, -0.2) is 13.8 Å². The Hall–Kier alpha value is -2.59. The molecule has 1 aliphatic rings. The highest BCUT2D eigenvalue weighted by Gasteiger charge is 2.31. The van der Waals surface area contributed by atoms with Crippen molar-refractivity contribution in [3.05, 3.63) is 38.6 Å². The van der Waals surface area contributed by atoms with E-state index in [1.165, 1.54) is 10.7 Å². The lowest BCUT2D eigenvalue weighted by molar-refractivity contribution is -0.116. The first kappa shape index (κ1) is 20.7. The largest absolute Gasteiger partial charge is 0.365 e. The number of alkyl halides is 2. The van der Waals surface area contributed by atoms with E-state index in [0.29, 0.717) is 27.4 Å². The minimum Gasteiger partial charge on any atom is -0.365 e. The summed E-state index contributed by atoms with van der Waals surface area (Å²) in [5.41, 5.74) is 7.26. The van der Waals surface area contributed by atoms with Crippen LogP contribution in [0, 0.1) is 13.8 Å². The zero-order chi connectivity index (χ0) is 21.7. The maximum absolute atomic E-state index is 13.3. The van der Waals surface area contributed by atoms with Crippen molar-refractivity contribution < 1.29 is 18.4 Å². The molecule has 1 aliphatic carbocycles. The van der Waals surface area contributed by atoms with Gasteiger partial charge in [-0.3, -0.25) is 14.3 Å². The second kappa shape index (κ2) is 7.59. The minimum atomic E-state index is -2.74. The first-order valence-corrected chi connectivity index (χ1v) is 10.4. The van der Waals surface area contributed by atoms with Gasteiger partial charge in [0.2, 0.25) is 5.91 Å². The summed E-state index contributed by atoms with van der Waals surface area (Å²) in [6, 6.07) is 1.36. The molecule has 30 heavy (non-hydrogen) atoms. The predicted molar refractivity (Wildman–Crippen MR) is 110 cm³/mol. The molecule has 3 aromatic heterocycles. The van der Waals surface area contributed by atoms with E-state index in [4.69, 9.17) is 17.3 Å².